The Kier molecular flexibility index (Phi) is 7.89. The Balaban J connectivity index is 1.29. The van der Waals surface area contributed by atoms with E-state index in [2.05, 4.69) is 42.9 Å². The summed E-state index contributed by atoms with van der Waals surface area (Å²) in [7, 11) is 0. The molecule has 10 heteroatoms. The molecule has 0 unspecified atom stereocenters. The Morgan fingerprint density at radius 2 is 2.08 bits per heavy atom. The molecule has 0 bridgehead atoms. The number of hydrogen-bond acceptors (Lipinski definition) is 7. The lowest BCUT2D eigenvalue weighted by molar-refractivity contribution is -0.123. The van der Waals surface area contributed by atoms with Crippen LogP contribution in [0.2, 0.25) is 0 Å². The second-order valence-electron chi connectivity index (χ2n) is 10.0. The van der Waals surface area contributed by atoms with Crippen LogP contribution in [0.15, 0.2) is 59.2 Å². The molecule has 3 atom stereocenters. The van der Waals surface area contributed by atoms with Crippen LogP contribution in [0.1, 0.15) is 48.5 Å². The van der Waals surface area contributed by atoms with Gasteiger partial charge in [-0.2, -0.15) is 0 Å². The number of aliphatic hydroxyl groups is 1. The number of benzene rings is 2. The number of aromatic nitrogens is 3. The number of aliphatic hydroxyl groups excluding tert-OH is 1. The molecule has 1 aliphatic carbocycles. The lowest BCUT2D eigenvalue weighted by Gasteiger charge is -2.48. The van der Waals surface area contributed by atoms with E-state index >= 15 is 0 Å². The standard InChI is InChI=1S/C27H33BrN6O3/c28-19-7-8-25-21(12-19)23(13-27(37-25)9-4-10-27)30-16-24(35)22(11-18-5-2-1-3-6-18)32-26(36)17-34-20(14-29)15-31-33-34/h1-3,5-8,12,15,22-24,30,35H,4,9-11,13-14,16-17,29H2,(H,32,36)/t22-,23-,24-/m0/s1. The third-order valence-corrected chi connectivity index (χ3v) is 7.89. The number of carbonyl (C=O) groups excluding carboxylic acids is 1. The summed E-state index contributed by atoms with van der Waals surface area (Å²) in [6, 6.07) is 15.5. The fourth-order valence-corrected chi connectivity index (χ4v) is 5.59. The van der Waals surface area contributed by atoms with Crippen molar-refractivity contribution >= 4 is 21.8 Å². The Morgan fingerprint density at radius 3 is 2.81 bits per heavy atom. The molecule has 0 saturated heterocycles. The van der Waals surface area contributed by atoms with Crippen molar-refractivity contribution in [1.29, 1.82) is 0 Å². The minimum atomic E-state index is -0.815. The SMILES string of the molecule is NCc1cnnn1CC(=O)N[C@@H](Cc1ccccc1)[C@@H](O)CN[C@H]1CC2(CCC2)Oc2ccc(Br)cc21. The summed E-state index contributed by atoms with van der Waals surface area (Å²) in [5.74, 6) is 0.646. The minimum absolute atomic E-state index is 0.0120. The highest BCUT2D eigenvalue weighted by molar-refractivity contribution is 9.10. The maximum atomic E-state index is 12.9. The summed E-state index contributed by atoms with van der Waals surface area (Å²) in [4.78, 5) is 12.9. The van der Waals surface area contributed by atoms with Gasteiger partial charge in [-0.15, -0.1) is 5.10 Å². The van der Waals surface area contributed by atoms with E-state index in [0.717, 1.165) is 40.6 Å². The number of carbonyl (C=O) groups is 1. The number of hydrogen-bond donors (Lipinski definition) is 4. The van der Waals surface area contributed by atoms with Crippen LogP contribution in [0.5, 0.6) is 5.75 Å². The van der Waals surface area contributed by atoms with Crippen molar-refractivity contribution in [2.45, 2.75) is 69.0 Å². The van der Waals surface area contributed by atoms with Gasteiger partial charge in [0, 0.05) is 35.6 Å². The van der Waals surface area contributed by atoms with Crippen molar-refractivity contribution in [2.24, 2.45) is 5.73 Å². The third-order valence-electron chi connectivity index (χ3n) is 7.40. The molecule has 1 fully saturated rings. The molecule has 3 aromatic rings. The first-order valence-corrected chi connectivity index (χ1v) is 13.5. The zero-order valence-corrected chi connectivity index (χ0v) is 22.2. The zero-order valence-electron chi connectivity index (χ0n) is 20.6. The van der Waals surface area contributed by atoms with E-state index in [1.54, 1.807) is 6.20 Å². The van der Waals surface area contributed by atoms with E-state index in [1.807, 2.05) is 42.5 Å². The van der Waals surface area contributed by atoms with Gasteiger partial charge in [0.05, 0.1) is 24.0 Å². The van der Waals surface area contributed by atoms with Crippen LogP contribution in [-0.4, -0.2) is 50.3 Å². The first kappa shape index (κ1) is 25.8. The maximum Gasteiger partial charge on any atom is 0.242 e. The van der Waals surface area contributed by atoms with Crippen LogP contribution in [0, 0.1) is 0 Å². The third kappa shape index (κ3) is 6.04. The largest absolute Gasteiger partial charge is 0.487 e. The molecule has 2 aromatic carbocycles. The predicted molar refractivity (Wildman–Crippen MR) is 143 cm³/mol. The van der Waals surface area contributed by atoms with Crippen molar-refractivity contribution in [3.05, 3.63) is 76.0 Å². The summed E-state index contributed by atoms with van der Waals surface area (Å²) in [5, 5.41) is 25.7. The van der Waals surface area contributed by atoms with Gasteiger partial charge in [0.25, 0.3) is 0 Å². The Hall–Kier alpha value is -2.79. The molecular formula is C27H33BrN6O3. The van der Waals surface area contributed by atoms with E-state index in [1.165, 1.54) is 11.1 Å². The van der Waals surface area contributed by atoms with Gasteiger partial charge in [-0.25, -0.2) is 4.68 Å². The molecule has 1 aliphatic heterocycles. The van der Waals surface area contributed by atoms with E-state index in [0.29, 0.717) is 18.7 Å². The van der Waals surface area contributed by atoms with Crippen LogP contribution in [0.4, 0.5) is 0 Å². The van der Waals surface area contributed by atoms with Crippen molar-refractivity contribution in [3.8, 4) is 5.75 Å². The summed E-state index contributed by atoms with van der Waals surface area (Å²) >= 11 is 3.58. The molecule has 196 valence electrons. The van der Waals surface area contributed by atoms with Crippen molar-refractivity contribution in [2.75, 3.05) is 6.54 Å². The monoisotopic (exact) mass is 568 g/mol. The van der Waals surface area contributed by atoms with Gasteiger partial charge >= 0.3 is 0 Å². The lowest BCUT2D eigenvalue weighted by Crippen LogP contribution is -2.52. The highest BCUT2D eigenvalue weighted by atomic mass is 79.9. The summed E-state index contributed by atoms with van der Waals surface area (Å²) in [5.41, 5.74) is 8.38. The average Bonchev–Trinajstić information content (AvgIpc) is 3.33. The predicted octanol–water partition coefficient (Wildman–Crippen LogP) is 2.62. The number of nitrogens with two attached hydrogens (primary N) is 1. The van der Waals surface area contributed by atoms with Crippen molar-refractivity contribution in [1.82, 2.24) is 25.6 Å². The van der Waals surface area contributed by atoms with Gasteiger partial charge in [-0.3, -0.25) is 4.79 Å². The molecule has 1 amide bonds. The maximum absolute atomic E-state index is 12.9. The molecule has 2 aliphatic rings. The van der Waals surface area contributed by atoms with Crippen molar-refractivity contribution < 1.29 is 14.6 Å². The Morgan fingerprint density at radius 1 is 1.27 bits per heavy atom. The van der Waals surface area contributed by atoms with Gasteiger partial charge in [-0.1, -0.05) is 51.5 Å². The first-order chi connectivity index (χ1) is 17.9. The average molecular weight is 570 g/mol. The van der Waals surface area contributed by atoms with Crippen LogP contribution < -0.4 is 21.1 Å². The fourth-order valence-electron chi connectivity index (χ4n) is 5.22. The lowest BCUT2D eigenvalue weighted by atomic mass is 9.73. The smallest absolute Gasteiger partial charge is 0.242 e. The normalized spacial score (nSPS) is 19.4. The summed E-state index contributed by atoms with van der Waals surface area (Å²) in [6.07, 6.45) is 5.34. The molecule has 2 heterocycles. The van der Waals surface area contributed by atoms with Crippen LogP contribution in [-0.2, 0) is 24.3 Å². The topological polar surface area (TPSA) is 127 Å². The molecule has 37 heavy (non-hydrogen) atoms. The first-order valence-electron chi connectivity index (χ1n) is 12.8. The quantitative estimate of drug-likeness (QED) is 0.296. The number of amides is 1. The molecule has 0 radical (unpaired) electrons. The van der Waals surface area contributed by atoms with Crippen LogP contribution >= 0.6 is 15.9 Å². The number of halogens is 1. The van der Waals surface area contributed by atoms with E-state index < -0.39 is 12.1 Å². The number of fused-ring (bicyclic) bond motifs is 1. The molecular weight excluding hydrogens is 536 g/mol. The number of nitrogens with zero attached hydrogens (tertiary/aromatic N) is 3. The molecule has 5 rings (SSSR count). The fraction of sp³-hybridized carbons (Fsp3) is 0.444. The minimum Gasteiger partial charge on any atom is -0.487 e. The molecule has 5 N–H and O–H groups in total. The van der Waals surface area contributed by atoms with Crippen molar-refractivity contribution in [3.63, 3.8) is 0 Å². The molecule has 9 nitrogen and oxygen atoms in total. The zero-order chi connectivity index (χ0) is 25.8. The van der Waals surface area contributed by atoms with Gasteiger partial charge in [-0.05, 0) is 49.4 Å². The number of nitrogens with one attached hydrogen (secondary N) is 2. The summed E-state index contributed by atoms with van der Waals surface area (Å²) < 4.78 is 8.86. The highest BCUT2D eigenvalue weighted by Gasteiger charge is 2.45. The van der Waals surface area contributed by atoms with Gasteiger partial charge in [0.1, 0.15) is 17.9 Å². The van der Waals surface area contributed by atoms with E-state index in [4.69, 9.17) is 10.5 Å². The molecule has 1 aromatic heterocycles. The van der Waals surface area contributed by atoms with Gasteiger partial charge < -0.3 is 26.2 Å². The second-order valence-corrected chi connectivity index (χ2v) is 10.9. The number of rotatable bonds is 10. The molecule has 1 spiro atoms. The van der Waals surface area contributed by atoms with E-state index in [-0.39, 0.29) is 30.6 Å². The van der Waals surface area contributed by atoms with Gasteiger partial charge in [0.15, 0.2) is 0 Å². The molecule has 1 saturated carbocycles. The van der Waals surface area contributed by atoms with Crippen LogP contribution in [0.25, 0.3) is 0 Å². The summed E-state index contributed by atoms with van der Waals surface area (Å²) in [6.45, 7) is 0.550. The Labute approximate surface area is 224 Å². The van der Waals surface area contributed by atoms with Crippen LogP contribution in [0.3, 0.4) is 0 Å². The van der Waals surface area contributed by atoms with Gasteiger partial charge in [0.2, 0.25) is 5.91 Å². The second kappa shape index (κ2) is 11.3. The Bertz CT molecular complexity index is 1220. The highest BCUT2D eigenvalue weighted by Crippen LogP contribution is 2.49. The van der Waals surface area contributed by atoms with E-state index in [9.17, 15) is 9.90 Å². The number of ether oxygens (including phenoxy) is 1.